The van der Waals surface area contributed by atoms with Crippen LogP contribution in [0.4, 0.5) is 0 Å². The first kappa shape index (κ1) is 13.3. The van der Waals surface area contributed by atoms with Crippen LogP contribution >= 0.6 is 11.3 Å². The van der Waals surface area contributed by atoms with Crippen molar-refractivity contribution in [2.45, 2.75) is 25.5 Å². The summed E-state index contributed by atoms with van der Waals surface area (Å²) in [7, 11) is 0. The minimum atomic E-state index is -0.0587. The van der Waals surface area contributed by atoms with Crippen molar-refractivity contribution in [2.75, 3.05) is 13.2 Å². The number of rotatable bonds is 4. The summed E-state index contributed by atoms with van der Waals surface area (Å²) in [6.07, 6.45) is 3.89. The summed E-state index contributed by atoms with van der Waals surface area (Å²) in [6.45, 7) is 1.57. The molecule has 2 aromatic rings. The lowest BCUT2D eigenvalue weighted by Gasteiger charge is -2.12. The second-order valence-corrected chi connectivity index (χ2v) is 5.80. The number of hydrogen-bond donors (Lipinski definition) is 1. The maximum Gasteiger partial charge on any atom is 0.240 e. The van der Waals surface area contributed by atoms with E-state index in [2.05, 4.69) is 5.32 Å². The van der Waals surface area contributed by atoms with E-state index in [4.69, 9.17) is 4.74 Å². The van der Waals surface area contributed by atoms with Gasteiger partial charge in [-0.15, -0.1) is 11.3 Å². The summed E-state index contributed by atoms with van der Waals surface area (Å²) in [5.74, 6) is -0.0587. The summed E-state index contributed by atoms with van der Waals surface area (Å²) in [5, 5.41) is 4.75. The van der Waals surface area contributed by atoms with Crippen molar-refractivity contribution in [3.63, 3.8) is 0 Å². The third-order valence-electron chi connectivity index (χ3n) is 3.45. The zero-order valence-electron chi connectivity index (χ0n) is 11.0. The Labute approximate surface area is 120 Å². The van der Waals surface area contributed by atoms with Crippen LogP contribution in [0.2, 0.25) is 0 Å². The number of hydrogen-bond acceptors (Lipinski definition) is 4. The number of fused-ring (bicyclic) bond motifs is 1. The van der Waals surface area contributed by atoms with Crippen molar-refractivity contribution in [1.29, 1.82) is 0 Å². The second kappa shape index (κ2) is 5.76. The Bertz CT molecular complexity index is 670. The number of pyridine rings is 1. The molecular weight excluding hydrogens is 276 g/mol. The van der Waals surface area contributed by atoms with Crippen LogP contribution in [-0.2, 0) is 16.1 Å². The van der Waals surface area contributed by atoms with Gasteiger partial charge in [-0.3, -0.25) is 9.59 Å². The van der Waals surface area contributed by atoms with Crippen LogP contribution in [0.1, 0.15) is 12.8 Å². The first-order valence-corrected chi connectivity index (χ1v) is 7.57. The molecule has 6 heteroatoms. The van der Waals surface area contributed by atoms with E-state index >= 15 is 0 Å². The fourth-order valence-corrected chi connectivity index (χ4v) is 3.23. The van der Waals surface area contributed by atoms with Crippen molar-refractivity contribution >= 4 is 27.5 Å². The number of ether oxygens (including phenoxy) is 1. The van der Waals surface area contributed by atoms with E-state index in [0.29, 0.717) is 11.2 Å². The number of thiophene rings is 1. The molecule has 1 aliphatic heterocycles. The van der Waals surface area contributed by atoms with E-state index < -0.39 is 0 Å². The van der Waals surface area contributed by atoms with Crippen molar-refractivity contribution in [3.05, 3.63) is 33.9 Å². The molecule has 3 rings (SSSR count). The summed E-state index contributed by atoms with van der Waals surface area (Å²) in [6, 6.07) is 3.38. The number of carbonyl (C=O) groups excluding carboxylic acids is 1. The number of nitrogens with zero attached hydrogens (tertiary/aromatic N) is 1. The van der Waals surface area contributed by atoms with E-state index in [1.54, 1.807) is 10.8 Å². The molecule has 0 aromatic carbocycles. The van der Waals surface area contributed by atoms with Gasteiger partial charge < -0.3 is 14.6 Å². The second-order valence-electron chi connectivity index (χ2n) is 4.88. The molecule has 0 radical (unpaired) electrons. The molecule has 0 bridgehead atoms. The predicted molar refractivity (Wildman–Crippen MR) is 78.1 cm³/mol. The van der Waals surface area contributed by atoms with Crippen molar-refractivity contribution in [1.82, 2.24) is 9.88 Å². The van der Waals surface area contributed by atoms with E-state index in [1.165, 1.54) is 17.4 Å². The van der Waals surface area contributed by atoms with Gasteiger partial charge in [-0.25, -0.2) is 0 Å². The van der Waals surface area contributed by atoms with Gasteiger partial charge >= 0.3 is 0 Å². The molecule has 20 heavy (non-hydrogen) atoms. The minimum absolute atomic E-state index is 0.00557. The molecule has 1 saturated heterocycles. The monoisotopic (exact) mass is 292 g/mol. The number of carbonyl (C=O) groups is 1. The first-order chi connectivity index (χ1) is 9.74. The van der Waals surface area contributed by atoms with Gasteiger partial charge in [-0.2, -0.15) is 0 Å². The van der Waals surface area contributed by atoms with E-state index in [-0.39, 0.29) is 24.0 Å². The van der Waals surface area contributed by atoms with Crippen LogP contribution in [0.5, 0.6) is 0 Å². The Morgan fingerprint density at radius 3 is 3.20 bits per heavy atom. The van der Waals surface area contributed by atoms with Gasteiger partial charge in [0.2, 0.25) is 5.91 Å². The molecule has 106 valence electrons. The highest BCUT2D eigenvalue weighted by atomic mass is 32.1. The Balaban J connectivity index is 1.66. The third kappa shape index (κ3) is 2.76. The minimum Gasteiger partial charge on any atom is -0.376 e. The van der Waals surface area contributed by atoms with Crippen LogP contribution in [0.15, 0.2) is 28.5 Å². The molecule has 5 nitrogen and oxygen atoms in total. The molecule has 1 aliphatic rings. The van der Waals surface area contributed by atoms with Gasteiger partial charge in [-0.1, -0.05) is 0 Å². The zero-order chi connectivity index (χ0) is 13.9. The van der Waals surface area contributed by atoms with Crippen LogP contribution in [0, 0.1) is 0 Å². The number of amides is 1. The fourth-order valence-electron chi connectivity index (χ4n) is 2.41. The van der Waals surface area contributed by atoms with Gasteiger partial charge in [0.05, 0.1) is 16.3 Å². The lowest BCUT2D eigenvalue weighted by atomic mass is 10.2. The maximum absolute atomic E-state index is 12.0. The third-order valence-corrected chi connectivity index (χ3v) is 4.37. The van der Waals surface area contributed by atoms with Gasteiger partial charge in [0.25, 0.3) is 0 Å². The predicted octanol–water partition coefficient (Wildman–Crippen LogP) is 1.36. The van der Waals surface area contributed by atoms with Gasteiger partial charge in [-0.05, 0) is 24.3 Å². The number of aromatic nitrogens is 1. The van der Waals surface area contributed by atoms with E-state index in [1.807, 2.05) is 11.4 Å². The first-order valence-electron chi connectivity index (χ1n) is 6.69. The van der Waals surface area contributed by atoms with Crippen molar-refractivity contribution < 1.29 is 9.53 Å². The number of nitrogens with one attached hydrogen (secondary N) is 1. The van der Waals surface area contributed by atoms with Gasteiger partial charge in [0, 0.05) is 25.4 Å². The Morgan fingerprint density at radius 2 is 2.40 bits per heavy atom. The molecule has 1 atom stereocenters. The highest BCUT2D eigenvalue weighted by Gasteiger charge is 2.16. The largest absolute Gasteiger partial charge is 0.376 e. The zero-order valence-corrected chi connectivity index (χ0v) is 11.8. The highest BCUT2D eigenvalue weighted by molar-refractivity contribution is 7.17. The molecule has 2 aromatic heterocycles. The summed E-state index contributed by atoms with van der Waals surface area (Å²) in [5.41, 5.74) is 0.820. The summed E-state index contributed by atoms with van der Waals surface area (Å²) in [4.78, 5) is 23.6. The Kier molecular flexibility index (Phi) is 3.84. The molecule has 0 spiro atoms. The van der Waals surface area contributed by atoms with Crippen molar-refractivity contribution in [2.24, 2.45) is 0 Å². The Hall–Kier alpha value is -1.66. The van der Waals surface area contributed by atoms with Crippen LogP contribution in [0.25, 0.3) is 10.2 Å². The van der Waals surface area contributed by atoms with Crippen LogP contribution in [-0.4, -0.2) is 29.7 Å². The average molecular weight is 292 g/mol. The molecule has 1 fully saturated rings. The van der Waals surface area contributed by atoms with Crippen molar-refractivity contribution in [3.8, 4) is 0 Å². The molecule has 3 heterocycles. The SMILES string of the molecule is O=C(Cn1ccc(=O)c2sccc21)NCC1CCCO1. The summed E-state index contributed by atoms with van der Waals surface area (Å²) >= 11 is 1.40. The summed E-state index contributed by atoms with van der Waals surface area (Å²) < 4.78 is 7.96. The molecule has 1 amide bonds. The quantitative estimate of drug-likeness (QED) is 0.925. The topological polar surface area (TPSA) is 60.3 Å². The van der Waals surface area contributed by atoms with Gasteiger partial charge in [0.1, 0.15) is 6.54 Å². The van der Waals surface area contributed by atoms with Gasteiger partial charge in [0.15, 0.2) is 5.43 Å². The lowest BCUT2D eigenvalue weighted by Crippen LogP contribution is -2.34. The van der Waals surface area contributed by atoms with Crippen LogP contribution in [0.3, 0.4) is 0 Å². The lowest BCUT2D eigenvalue weighted by molar-refractivity contribution is -0.122. The van der Waals surface area contributed by atoms with E-state index in [9.17, 15) is 9.59 Å². The standard InChI is InChI=1S/C14H16N2O3S/c17-12-3-5-16(11-4-7-20-14(11)12)9-13(18)15-8-10-2-1-6-19-10/h3-5,7,10H,1-2,6,8-9H2,(H,15,18). The fraction of sp³-hybridized carbons (Fsp3) is 0.429. The maximum atomic E-state index is 12.0. The molecular formula is C14H16N2O3S. The smallest absolute Gasteiger partial charge is 0.240 e. The molecule has 1 N–H and O–H groups in total. The van der Waals surface area contributed by atoms with Crippen LogP contribution < -0.4 is 10.7 Å². The highest BCUT2D eigenvalue weighted by Crippen LogP contribution is 2.16. The van der Waals surface area contributed by atoms with E-state index in [0.717, 1.165) is 25.0 Å². The molecule has 0 saturated carbocycles. The normalized spacial score (nSPS) is 18.5. The molecule has 1 unspecified atom stereocenters. The molecule has 0 aliphatic carbocycles. The Morgan fingerprint density at radius 1 is 1.50 bits per heavy atom. The average Bonchev–Trinajstić information content (AvgIpc) is 3.10.